The van der Waals surface area contributed by atoms with Gasteiger partial charge in [-0.25, -0.2) is 4.79 Å². The van der Waals surface area contributed by atoms with E-state index in [4.69, 9.17) is 18.0 Å². The highest BCUT2D eigenvalue weighted by atomic mass is 28.4. The summed E-state index contributed by atoms with van der Waals surface area (Å²) in [5, 5.41) is 0. The lowest BCUT2D eigenvalue weighted by Crippen LogP contribution is -2.66. The minimum Gasteiger partial charge on any atom is -0.458 e. The summed E-state index contributed by atoms with van der Waals surface area (Å²) < 4.78 is 26.5. The number of fused-ring (bicyclic) bond motifs is 6. The van der Waals surface area contributed by atoms with Crippen LogP contribution in [-0.2, 0) is 22.8 Å². The van der Waals surface area contributed by atoms with Gasteiger partial charge in [0.1, 0.15) is 37.5 Å². The van der Waals surface area contributed by atoms with E-state index in [2.05, 4.69) is 100 Å². The van der Waals surface area contributed by atoms with Crippen molar-refractivity contribution in [1.29, 1.82) is 0 Å². The van der Waals surface area contributed by atoms with Crippen molar-refractivity contribution in [2.75, 3.05) is 32.5 Å². The first-order valence-corrected chi connectivity index (χ1v) is 15.1. The van der Waals surface area contributed by atoms with Gasteiger partial charge < -0.3 is 18.0 Å². The van der Waals surface area contributed by atoms with Gasteiger partial charge in [0, 0.05) is 6.08 Å². The van der Waals surface area contributed by atoms with Gasteiger partial charge in [-0.2, -0.15) is 0 Å². The van der Waals surface area contributed by atoms with Crippen molar-refractivity contribution in [3.63, 3.8) is 0 Å². The van der Waals surface area contributed by atoms with Crippen molar-refractivity contribution in [2.45, 2.75) is 33.0 Å². The smallest absolute Gasteiger partial charge is 0.458 e. The van der Waals surface area contributed by atoms with E-state index < -0.39 is 14.8 Å². The highest BCUT2D eigenvalue weighted by Crippen LogP contribution is 2.41. The van der Waals surface area contributed by atoms with E-state index in [0.29, 0.717) is 24.2 Å². The highest BCUT2D eigenvalue weighted by molar-refractivity contribution is 6.61. The van der Waals surface area contributed by atoms with Crippen LogP contribution in [0.2, 0.25) is 0 Å². The van der Waals surface area contributed by atoms with Crippen LogP contribution >= 0.6 is 0 Å². The molecular formula is C31H36NO5Si+. The van der Waals surface area contributed by atoms with Crippen molar-refractivity contribution >= 4 is 20.5 Å². The lowest BCUT2D eigenvalue weighted by Gasteiger charge is -2.50. The third kappa shape index (κ3) is 5.67. The molecule has 0 aliphatic carbocycles. The Morgan fingerprint density at radius 3 is 1.82 bits per heavy atom. The molecule has 0 amide bonds. The van der Waals surface area contributed by atoms with Gasteiger partial charge in [-0.05, 0) is 44.0 Å². The van der Waals surface area contributed by atoms with E-state index in [0.717, 1.165) is 23.7 Å². The van der Waals surface area contributed by atoms with Crippen molar-refractivity contribution in [2.24, 2.45) is 0 Å². The van der Waals surface area contributed by atoms with Crippen molar-refractivity contribution < 1.29 is 22.8 Å². The maximum Gasteiger partial charge on any atom is 0.542 e. The molecule has 0 radical (unpaired) electrons. The Morgan fingerprint density at radius 1 is 0.868 bits per heavy atom. The largest absolute Gasteiger partial charge is 0.542 e. The van der Waals surface area contributed by atoms with Crippen LogP contribution in [0.5, 0.6) is 0 Å². The first kappa shape index (κ1) is 26.5. The van der Waals surface area contributed by atoms with Crippen LogP contribution < -0.4 is 4.48 Å². The standard InChI is InChI=1S/C31H36NO5Si/c1-5-31(33)34-22-38-35-19-18-32(28-16-10-25(4)11-17-28,20-29(36-38)26-12-6-23(2)7-13-26)21-30(37-38)27-14-8-24(3)9-15-27/h5-17,29-30H,1,18-22H2,2-4H3/q+1. The fourth-order valence-corrected chi connectivity index (χ4v) is 7.73. The molecule has 2 unspecified atom stereocenters. The number of hydrogen-bond acceptors (Lipinski definition) is 5. The third-order valence-electron chi connectivity index (χ3n) is 7.55. The van der Waals surface area contributed by atoms with E-state index in [1.54, 1.807) is 0 Å². The summed E-state index contributed by atoms with van der Waals surface area (Å²) in [6.07, 6.45) is 0.494. The van der Waals surface area contributed by atoms with Crippen molar-refractivity contribution in [3.8, 4) is 0 Å². The zero-order valence-corrected chi connectivity index (χ0v) is 23.4. The molecule has 7 heteroatoms. The van der Waals surface area contributed by atoms with Gasteiger partial charge in [0.2, 0.25) is 0 Å². The number of quaternary nitrogens is 1. The Morgan fingerprint density at radius 2 is 1.34 bits per heavy atom. The molecular weight excluding hydrogens is 494 g/mol. The molecule has 198 valence electrons. The minimum absolute atomic E-state index is 0.0624. The first-order valence-electron chi connectivity index (χ1n) is 13.2. The fourth-order valence-electron chi connectivity index (χ4n) is 5.31. The Balaban J connectivity index is 1.63. The van der Waals surface area contributed by atoms with Gasteiger partial charge in [-0.3, -0.25) is 4.48 Å². The zero-order valence-electron chi connectivity index (χ0n) is 22.4. The normalized spacial score (nSPS) is 27.1. The minimum atomic E-state index is -3.47. The molecule has 3 heterocycles. The van der Waals surface area contributed by atoms with Gasteiger partial charge >= 0.3 is 14.8 Å². The Hall–Kier alpha value is -3.07. The second kappa shape index (κ2) is 11.0. The molecule has 0 spiro atoms. The molecule has 3 aliphatic rings. The molecule has 3 aromatic rings. The maximum absolute atomic E-state index is 12.1. The second-order valence-corrected chi connectivity index (χ2v) is 12.9. The average Bonchev–Trinajstić information content (AvgIpc) is 2.89. The Kier molecular flexibility index (Phi) is 7.65. The summed E-state index contributed by atoms with van der Waals surface area (Å²) in [7, 11) is -3.47. The molecule has 38 heavy (non-hydrogen) atoms. The number of carbonyl (C=O) groups excluding carboxylic acids is 1. The predicted octanol–water partition coefficient (Wildman–Crippen LogP) is 5.69. The lowest BCUT2D eigenvalue weighted by molar-refractivity contribution is -0.140. The number of carbonyl (C=O) groups is 1. The number of nitrogens with zero attached hydrogens (tertiary/aromatic N) is 1. The van der Waals surface area contributed by atoms with Gasteiger partial charge in [0.25, 0.3) is 0 Å². The SMILES string of the molecule is C=CC(=O)OC[Si]12OCC[N+](c3ccc(C)cc3)(CC(c3ccc(C)cc3)O1)CC(c1ccc(C)cc1)O2. The molecule has 6 rings (SSSR count). The van der Waals surface area contributed by atoms with Crippen LogP contribution in [0.15, 0.2) is 85.5 Å². The van der Waals surface area contributed by atoms with Crippen LogP contribution in [0.25, 0.3) is 0 Å². The third-order valence-corrected chi connectivity index (χ3v) is 9.98. The molecule has 3 fully saturated rings. The summed E-state index contributed by atoms with van der Waals surface area (Å²) in [6, 6.07) is 25.6. The summed E-state index contributed by atoms with van der Waals surface area (Å²) >= 11 is 0. The summed E-state index contributed by atoms with van der Waals surface area (Å²) in [4.78, 5) is 12.1. The van der Waals surface area contributed by atoms with Crippen LogP contribution in [0.3, 0.4) is 0 Å². The highest BCUT2D eigenvalue weighted by Gasteiger charge is 2.55. The second-order valence-electron chi connectivity index (χ2n) is 10.4. The number of aryl methyl sites for hydroxylation is 3. The van der Waals surface area contributed by atoms with Crippen molar-refractivity contribution in [1.82, 2.24) is 4.48 Å². The number of rotatable bonds is 6. The summed E-state index contributed by atoms with van der Waals surface area (Å²) in [5.74, 6) is -0.518. The number of ether oxygens (including phenoxy) is 1. The first-order chi connectivity index (χ1) is 18.3. The fraction of sp³-hybridized carbons (Fsp3) is 0.323. The van der Waals surface area contributed by atoms with Gasteiger partial charge in [0.15, 0.2) is 6.23 Å². The predicted molar refractivity (Wildman–Crippen MR) is 150 cm³/mol. The zero-order chi connectivity index (χ0) is 26.8. The van der Waals surface area contributed by atoms with Gasteiger partial charge in [-0.15, -0.1) is 0 Å². The molecule has 0 aromatic heterocycles. The monoisotopic (exact) mass is 530 g/mol. The summed E-state index contributed by atoms with van der Waals surface area (Å²) in [5.41, 5.74) is 6.90. The number of benzene rings is 3. The van der Waals surface area contributed by atoms with Crippen LogP contribution in [0, 0.1) is 20.8 Å². The molecule has 2 atom stereocenters. The van der Waals surface area contributed by atoms with Crippen LogP contribution in [-0.4, -0.2) is 47.2 Å². The lowest BCUT2D eigenvalue weighted by atomic mass is 10.0. The van der Waals surface area contributed by atoms with Crippen LogP contribution in [0.4, 0.5) is 5.69 Å². The quantitative estimate of drug-likeness (QED) is 0.178. The topological polar surface area (TPSA) is 54.0 Å². The average molecular weight is 531 g/mol. The Labute approximate surface area is 226 Å². The molecule has 2 bridgehead atoms. The molecule has 6 nitrogen and oxygen atoms in total. The van der Waals surface area contributed by atoms with E-state index >= 15 is 0 Å². The van der Waals surface area contributed by atoms with Crippen LogP contribution in [0.1, 0.15) is 40.0 Å². The molecule has 0 saturated carbocycles. The maximum atomic E-state index is 12.1. The number of hydrogen-bond donors (Lipinski definition) is 0. The molecule has 3 saturated heterocycles. The van der Waals surface area contributed by atoms with Gasteiger partial charge in [0.05, 0.1) is 6.61 Å². The summed E-state index contributed by atoms with van der Waals surface area (Å²) in [6.45, 7) is 12.4. The molecule has 3 aromatic carbocycles. The van der Waals surface area contributed by atoms with Crippen molar-refractivity contribution in [3.05, 3.63) is 113 Å². The van der Waals surface area contributed by atoms with E-state index in [9.17, 15) is 4.79 Å². The number of esters is 1. The van der Waals surface area contributed by atoms with Gasteiger partial charge in [-0.1, -0.05) is 83.9 Å². The van der Waals surface area contributed by atoms with E-state index in [-0.39, 0.29) is 18.4 Å². The molecule has 3 aliphatic heterocycles. The van der Waals surface area contributed by atoms with E-state index in [1.165, 1.54) is 22.4 Å². The molecule has 0 N–H and O–H groups in total. The van der Waals surface area contributed by atoms with E-state index in [1.807, 2.05) is 0 Å². The Bertz CT molecular complexity index is 1220.